The minimum absolute atomic E-state index is 0.165. The van der Waals surface area contributed by atoms with Crippen LogP contribution in [0.5, 0.6) is 0 Å². The molecule has 13 heavy (non-hydrogen) atoms. The van der Waals surface area contributed by atoms with Gasteiger partial charge in [0.15, 0.2) is 0 Å². The van der Waals surface area contributed by atoms with E-state index in [0.29, 0.717) is 0 Å². The lowest BCUT2D eigenvalue weighted by Crippen LogP contribution is -1.93. The molecule has 3 rings (SSSR count). The smallest absolute Gasteiger partial charge is 0.202 e. The van der Waals surface area contributed by atoms with Crippen molar-refractivity contribution in [2.24, 2.45) is 4.99 Å². The second-order valence-electron chi connectivity index (χ2n) is 2.83. The highest BCUT2D eigenvalue weighted by molar-refractivity contribution is 8.82. The lowest BCUT2D eigenvalue weighted by molar-refractivity contribution is 0.655. The van der Waals surface area contributed by atoms with Crippen LogP contribution < -0.4 is 0 Å². The van der Waals surface area contributed by atoms with Gasteiger partial charge in [-0.1, -0.05) is 18.2 Å². The van der Waals surface area contributed by atoms with E-state index < -0.39 is 0 Å². The Kier molecular flexibility index (Phi) is 1.54. The summed E-state index contributed by atoms with van der Waals surface area (Å²) in [5.41, 5.74) is 1.24. The van der Waals surface area contributed by atoms with Gasteiger partial charge in [0.25, 0.3) is 0 Å². The molecular weight excluding hydrogens is 202 g/mol. The van der Waals surface area contributed by atoms with Gasteiger partial charge in [0.05, 0.1) is 9.80 Å². The second kappa shape index (κ2) is 2.62. The van der Waals surface area contributed by atoms with Crippen LogP contribution in [0.3, 0.4) is 0 Å². The Morgan fingerprint density at radius 1 is 1.38 bits per heavy atom. The fraction of sp³-hybridized carbons (Fsp3) is 0.111. The molecule has 0 fully saturated rings. The molecule has 0 spiro atoms. The van der Waals surface area contributed by atoms with Crippen molar-refractivity contribution in [3.05, 3.63) is 29.8 Å². The van der Waals surface area contributed by atoms with Gasteiger partial charge < -0.3 is 4.18 Å². The van der Waals surface area contributed by atoms with Crippen molar-refractivity contribution < 1.29 is 4.18 Å². The molecule has 0 bridgehead atoms. The maximum atomic E-state index is 5.57. The summed E-state index contributed by atoms with van der Waals surface area (Å²) in [5, 5.41) is 0. The molecule has 1 unspecified atom stereocenters. The maximum Gasteiger partial charge on any atom is 0.202 e. The van der Waals surface area contributed by atoms with Crippen LogP contribution in [-0.2, 0) is 4.18 Å². The molecule has 2 aliphatic heterocycles. The average molecular weight is 209 g/mol. The molecule has 2 heterocycles. The van der Waals surface area contributed by atoms with E-state index in [4.69, 9.17) is 4.18 Å². The normalized spacial score (nSPS) is 23.6. The van der Waals surface area contributed by atoms with Gasteiger partial charge in [-0.2, -0.15) is 0 Å². The van der Waals surface area contributed by atoms with Gasteiger partial charge in [0.2, 0.25) is 5.90 Å². The van der Waals surface area contributed by atoms with Crippen LogP contribution in [0.15, 0.2) is 34.2 Å². The minimum atomic E-state index is -0.165. The fourth-order valence-electron chi connectivity index (χ4n) is 1.35. The van der Waals surface area contributed by atoms with Crippen molar-refractivity contribution in [3.63, 3.8) is 0 Å². The summed E-state index contributed by atoms with van der Waals surface area (Å²) in [6.07, 6.45) is 0. The Bertz CT molecular complexity index is 451. The first-order chi connectivity index (χ1) is 6.34. The van der Waals surface area contributed by atoms with Gasteiger partial charge in [-0.3, -0.25) is 0 Å². The summed E-state index contributed by atoms with van der Waals surface area (Å²) in [6.45, 7) is 1.90. The zero-order chi connectivity index (χ0) is 8.84. The molecule has 0 saturated heterocycles. The third kappa shape index (κ3) is 1.05. The van der Waals surface area contributed by atoms with E-state index in [-0.39, 0.29) is 9.80 Å². The molecule has 66 valence electrons. The zero-order valence-electron chi connectivity index (χ0n) is 6.98. The van der Waals surface area contributed by atoms with Crippen molar-refractivity contribution in [3.8, 4) is 0 Å². The Labute approximate surface area is 82.6 Å². The zero-order valence-corrected chi connectivity index (χ0v) is 8.61. The van der Waals surface area contributed by atoms with Gasteiger partial charge in [-0.15, -0.1) is 0 Å². The predicted molar refractivity (Wildman–Crippen MR) is 58.2 cm³/mol. The first kappa shape index (κ1) is 7.64. The van der Waals surface area contributed by atoms with Crippen molar-refractivity contribution in [2.45, 2.75) is 11.8 Å². The van der Waals surface area contributed by atoms with Crippen LogP contribution in [0.25, 0.3) is 0 Å². The van der Waals surface area contributed by atoms with Crippen molar-refractivity contribution in [1.29, 1.82) is 0 Å². The predicted octanol–water partition coefficient (Wildman–Crippen LogP) is 2.82. The van der Waals surface area contributed by atoms with Gasteiger partial charge in [0.1, 0.15) is 4.99 Å². The Balaban J connectivity index is 2.18. The molecular formula is C9H7NOS2. The average Bonchev–Trinajstić information content (AvgIpc) is 2.60. The number of nitrogens with zero attached hydrogens (tertiary/aromatic N) is 1. The van der Waals surface area contributed by atoms with Crippen molar-refractivity contribution in [1.82, 2.24) is 0 Å². The van der Waals surface area contributed by atoms with E-state index in [2.05, 4.69) is 23.2 Å². The van der Waals surface area contributed by atoms with Crippen LogP contribution in [0.4, 0.5) is 0 Å². The maximum absolute atomic E-state index is 5.57. The summed E-state index contributed by atoms with van der Waals surface area (Å²) in [5.74, 6) is 0.792. The van der Waals surface area contributed by atoms with Gasteiger partial charge in [-0.05, 0) is 16.9 Å². The monoisotopic (exact) mass is 209 g/mol. The highest BCUT2D eigenvalue weighted by atomic mass is 33.1. The summed E-state index contributed by atoms with van der Waals surface area (Å²) < 4.78 is 5.57. The van der Waals surface area contributed by atoms with Crippen LogP contribution in [-0.4, -0.2) is 10.9 Å². The number of hydrogen-bond acceptors (Lipinski definition) is 3. The Morgan fingerprint density at radius 3 is 3.15 bits per heavy atom. The summed E-state index contributed by atoms with van der Waals surface area (Å²) in [7, 11) is 1.60. The fourth-order valence-corrected chi connectivity index (χ4v) is 4.92. The Hall–Kier alpha value is -0.740. The van der Waals surface area contributed by atoms with Crippen molar-refractivity contribution in [2.75, 3.05) is 0 Å². The lowest BCUT2D eigenvalue weighted by atomic mass is 10.2. The van der Waals surface area contributed by atoms with E-state index in [1.165, 1.54) is 10.5 Å². The van der Waals surface area contributed by atoms with Crippen LogP contribution in [0.1, 0.15) is 12.5 Å². The first-order valence-corrected chi connectivity index (χ1v) is 6.45. The largest absolute Gasteiger partial charge is 0.406 e. The molecule has 1 aromatic rings. The summed E-state index contributed by atoms with van der Waals surface area (Å²) in [6, 6.07) is 8.32. The molecule has 0 radical (unpaired) electrons. The highest BCUT2D eigenvalue weighted by Crippen LogP contribution is 2.51. The minimum Gasteiger partial charge on any atom is -0.406 e. The van der Waals surface area contributed by atoms with E-state index in [1.807, 2.05) is 13.0 Å². The van der Waals surface area contributed by atoms with E-state index >= 15 is 0 Å². The van der Waals surface area contributed by atoms with Gasteiger partial charge >= 0.3 is 0 Å². The lowest BCUT2D eigenvalue weighted by Gasteiger charge is -1.99. The van der Waals surface area contributed by atoms with Crippen LogP contribution in [0.2, 0.25) is 0 Å². The van der Waals surface area contributed by atoms with E-state index in [9.17, 15) is 0 Å². The summed E-state index contributed by atoms with van der Waals surface area (Å²) in [4.78, 5) is 6.79. The number of aliphatic imine (C=N–C) groups is 1. The standard InChI is InChI=1S/C9H7NOS2/c1-6-10-9-7-4-2-3-5-8(7)12-13(9)11-6/h2-5H,1H3. The Morgan fingerprint density at radius 2 is 2.23 bits per heavy atom. The molecule has 2 nitrogen and oxygen atoms in total. The first-order valence-electron chi connectivity index (χ1n) is 3.97. The molecule has 2 aliphatic rings. The van der Waals surface area contributed by atoms with Crippen LogP contribution in [0, 0.1) is 0 Å². The second-order valence-corrected chi connectivity index (χ2v) is 5.87. The molecule has 4 heteroatoms. The molecule has 0 N–H and O–H groups in total. The number of hydrogen-bond donors (Lipinski definition) is 0. The van der Waals surface area contributed by atoms with E-state index in [0.717, 1.165) is 10.9 Å². The molecule has 0 aliphatic carbocycles. The highest BCUT2D eigenvalue weighted by Gasteiger charge is 2.27. The van der Waals surface area contributed by atoms with Gasteiger partial charge in [-0.25, -0.2) is 4.99 Å². The molecule has 0 amide bonds. The molecule has 1 atom stereocenters. The molecule has 0 saturated carbocycles. The third-order valence-electron chi connectivity index (χ3n) is 1.90. The quantitative estimate of drug-likeness (QED) is 0.484. The molecule has 1 aromatic carbocycles. The number of fused-ring (bicyclic) bond motifs is 2. The number of rotatable bonds is 0. The third-order valence-corrected chi connectivity index (χ3v) is 5.27. The molecule has 0 aromatic heterocycles. The SMILES string of the molecule is CC1=NC2=S(O1)Sc1ccccc12. The van der Waals surface area contributed by atoms with Crippen molar-refractivity contribution >= 4 is 31.5 Å². The van der Waals surface area contributed by atoms with Gasteiger partial charge in [0, 0.05) is 17.4 Å². The summed E-state index contributed by atoms with van der Waals surface area (Å²) >= 11 is 0. The van der Waals surface area contributed by atoms with E-state index in [1.54, 1.807) is 10.8 Å². The van der Waals surface area contributed by atoms with Crippen LogP contribution >= 0.6 is 20.6 Å². The topological polar surface area (TPSA) is 21.6 Å². The number of benzene rings is 1.